The van der Waals surface area contributed by atoms with Crippen molar-refractivity contribution < 1.29 is 4.79 Å². The predicted molar refractivity (Wildman–Crippen MR) is 92.6 cm³/mol. The summed E-state index contributed by atoms with van der Waals surface area (Å²) in [6, 6.07) is 8.19. The molecule has 1 aromatic carbocycles. The zero-order valence-electron chi connectivity index (χ0n) is 13.7. The summed E-state index contributed by atoms with van der Waals surface area (Å²) in [7, 11) is 0. The second-order valence-corrected chi connectivity index (χ2v) is 6.57. The highest BCUT2D eigenvalue weighted by Gasteiger charge is 2.16. The summed E-state index contributed by atoms with van der Waals surface area (Å²) in [5.74, 6) is 0.0561. The zero-order chi connectivity index (χ0) is 16.2. The number of benzene rings is 1. The van der Waals surface area contributed by atoms with E-state index in [0.717, 1.165) is 29.3 Å². The van der Waals surface area contributed by atoms with Crippen molar-refractivity contribution in [3.8, 4) is 0 Å². The van der Waals surface area contributed by atoms with Crippen molar-refractivity contribution in [3.05, 3.63) is 45.7 Å². The third kappa shape index (κ3) is 3.81. The van der Waals surface area contributed by atoms with Crippen molar-refractivity contribution in [1.82, 2.24) is 10.3 Å². The predicted octanol–water partition coefficient (Wildman–Crippen LogP) is 3.22. The molecule has 1 saturated carbocycles. The minimum Gasteiger partial charge on any atom is -0.353 e. The minimum atomic E-state index is -0.0859. The summed E-state index contributed by atoms with van der Waals surface area (Å²) in [6.07, 6.45) is 6.71. The molecular weight excluding hydrogens is 288 g/mol. The van der Waals surface area contributed by atoms with Crippen molar-refractivity contribution in [1.29, 1.82) is 0 Å². The molecule has 1 amide bonds. The van der Waals surface area contributed by atoms with Gasteiger partial charge < -0.3 is 10.3 Å². The number of aryl methyl sites for hydroxylation is 2. The van der Waals surface area contributed by atoms with Gasteiger partial charge in [0.1, 0.15) is 0 Å². The molecule has 0 bridgehead atoms. The molecule has 122 valence electrons. The number of aromatic amines is 1. The fourth-order valence-electron chi connectivity index (χ4n) is 3.41. The normalized spacial score (nSPS) is 15.7. The number of amides is 1. The SMILES string of the molecule is Cc1cccc2cc(CCC(=O)NC3CCCCC3)c(=O)[nH]c12. The average Bonchev–Trinajstić information content (AvgIpc) is 2.55. The van der Waals surface area contributed by atoms with Gasteiger partial charge in [0.15, 0.2) is 0 Å². The number of carbonyl (C=O) groups is 1. The lowest BCUT2D eigenvalue weighted by molar-refractivity contribution is -0.121. The van der Waals surface area contributed by atoms with Crippen LogP contribution in [0.25, 0.3) is 10.9 Å². The standard InChI is InChI=1S/C19H24N2O2/c1-13-6-5-7-14-12-15(19(23)21-18(13)14)10-11-17(22)20-16-8-3-2-4-9-16/h5-7,12,16H,2-4,8-11H2,1H3,(H,20,22)(H,21,23). The van der Waals surface area contributed by atoms with Crippen LogP contribution in [0.1, 0.15) is 49.7 Å². The van der Waals surface area contributed by atoms with Gasteiger partial charge >= 0.3 is 0 Å². The van der Waals surface area contributed by atoms with E-state index >= 15 is 0 Å². The third-order valence-corrected chi connectivity index (χ3v) is 4.76. The number of rotatable bonds is 4. The van der Waals surface area contributed by atoms with E-state index in [9.17, 15) is 9.59 Å². The third-order valence-electron chi connectivity index (χ3n) is 4.76. The van der Waals surface area contributed by atoms with Crippen LogP contribution in [-0.2, 0) is 11.2 Å². The molecule has 1 aliphatic carbocycles. The van der Waals surface area contributed by atoms with Gasteiger partial charge in [-0.05, 0) is 43.2 Å². The lowest BCUT2D eigenvalue weighted by Gasteiger charge is -2.22. The van der Waals surface area contributed by atoms with E-state index in [1.165, 1.54) is 19.3 Å². The average molecular weight is 312 g/mol. The number of pyridine rings is 1. The Hall–Kier alpha value is -2.10. The van der Waals surface area contributed by atoms with Gasteiger partial charge in [0.25, 0.3) is 5.56 Å². The van der Waals surface area contributed by atoms with Gasteiger partial charge in [-0.1, -0.05) is 37.5 Å². The van der Waals surface area contributed by atoms with Crippen LogP contribution in [0.2, 0.25) is 0 Å². The molecule has 0 radical (unpaired) electrons. The summed E-state index contributed by atoms with van der Waals surface area (Å²) in [5, 5.41) is 4.12. The zero-order valence-corrected chi connectivity index (χ0v) is 13.7. The topological polar surface area (TPSA) is 62.0 Å². The Labute approximate surface area is 136 Å². The fraction of sp³-hybridized carbons (Fsp3) is 0.474. The molecule has 4 nitrogen and oxygen atoms in total. The summed E-state index contributed by atoms with van der Waals surface area (Å²) in [5.41, 5.74) is 2.54. The van der Waals surface area contributed by atoms with Crippen molar-refractivity contribution in [3.63, 3.8) is 0 Å². The first-order chi connectivity index (χ1) is 11.1. The molecule has 0 spiro atoms. The molecule has 23 heavy (non-hydrogen) atoms. The summed E-state index contributed by atoms with van der Waals surface area (Å²) in [4.78, 5) is 27.2. The van der Waals surface area contributed by atoms with E-state index in [1.54, 1.807) is 0 Å². The number of H-pyrrole nitrogens is 1. The number of fused-ring (bicyclic) bond motifs is 1. The van der Waals surface area contributed by atoms with Crippen molar-refractivity contribution in [2.24, 2.45) is 0 Å². The first-order valence-electron chi connectivity index (χ1n) is 8.54. The molecular formula is C19H24N2O2. The van der Waals surface area contributed by atoms with Crippen LogP contribution >= 0.6 is 0 Å². The molecule has 2 N–H and O–H groups in total. The van der Waals surface area contributed by atoms with Gasteiger partial charge in [-0.25, -0.2) is 0 Å². The van der Waals surface area contributed by atoms with E-state index in [0.29, 0.717) is 24.4 Å². The Kier molecular flexibility index (Phi) is 4.79. The maximum absolute atomic E-state index is 12.2. The Morgan fingerprint density at radius 3 is 2.83 bits per heavy atom. The van der Waals surface area contributed by atoms with E-state index in [2.05, 4.69) is 10.3 Å². The monoisotopic (exact) mass is 312 g/mol. The number of carbonyl (C=O) groups excluding carboxylic acids is 1. The van der Waals surface area contributed by atoms with Gasteiger partial charge in [0.05, 0.1) is 5.52 Å². The number of aromatic nitrogens is 1. The summed E-state index contributed by atoms with van der Waals surface area (Å²) >= 11 is 0. The van der Waals surface area contributed by atoms with E-state index < -0.39 is 0 Å². The van der Waals surface area contributed by atoms with Gasteiger partial charge in [0, 0.05) is 18.0 Å². The van der Waals surface area contributed by atoms with Crippen LogP contribution < -0.4 is 10.9 Å². The number of nitrogens with one attached hydrogen (secondary N) is 2. The highest BCUT2D eigenvalue weighted by Crippen LogP contribution is 2.18. The van der Waals surface area contributed by atoms with E-state index in [4.69, 9.17) is 0 Å². The molecule has 1 heterocycles. The Morgan fingerprint density at radius 2 is 2.04 bits per heavy atom. The maximum atomic E-state index is 12.2. The summed E-state index contributed by atoms with van der Waals surface area (Å²) in [6.45, 7) is 1.98. The smallest absolute Gasteiger partial charge is 0.251 e. The van der Waals surface area contributed by atoms with Gasteiger partial charge in [-0.3, -0.25) is 9.59 Å². The van der Waals surface area contributed by atoms with Gasteiger partial charge in [-0.15, -0.1) is 0 Å². The highest BCUT2D eigenvalue weighted by atomic mass is 16.1. The van der Waals surface area contributed by atoms with Crippen molar-refractivity contribution >= 4 is 16.8 Å². The van der Waals surface area contributed by atoms with Crippen LogP contribution in [0.4, 0.5) is 0 Å². The van der Waals surface area contributed by atoms with Gasteiger partial charge in [0.2, 0.25) is 5.91 Å². The fourth-order valence-corrected chi connectivity index (χ4v) is 3.41. The van der Waals surface area contributed by atoms with Crippen LogP contribution in [-0.4, -0.2) is 16.9 Å². The Morgan fingerprint density at radius 1 is 1.26 bits per heavy atom. The minimum absolute atomic E-state index is 0.0561. The molecule has 0 atom stereocenters. The molecule has 0 aliphatic heterocycles. The molecule has 2 aromatic rings. The van der Waals surface area contributed by atoms with Crippen molar-refractivity contribution in [2.75, 3.05) is 0 Å². The first-order valence-corrected chi connectivity index (χ1v) is 8.54. The van der Waals surface area contributed by atoms with Crippen molar-refractivity contribution in [2.45, 2.75) is 57.9 Å². The lowest BCUT2D eigenvalue weighted by Crippen LogP contribution is -2.36. The number of hydrogen-bond donors (Lipinski definition) is 2. The molecule has 3 rings (SSSR count). The lowest BCUT2D eigenvalue weighted by atomic mass is 9.95. The molecule has 1 aliphatic rings. The quantitative estimate of drug-likeness (QED) is 0.910. The highest BCUT2D eigenvalue weighted by molar-refractivity contribution is 5.82. The van der Waals surface area contributed by atoms with E-state index in [1.807, 2.05) is 31.2 Å². The number of para-hydroxylation sites is 1. The second-order valence-electron chi connectivity index (χ2n) is 6.57. The molecule has 4 heteroatoms. The van der Waals surface area contributed by atoms with Gasteiger partial charge in [-0.2, -0.15) is 0 Å². The largest absolute Gasteiger partial charge is 0.353 e. The van der Waals surface area contributed by atoms with Crippen LogP contribution in [0.5, 0.6) is 0 Å². The second kappa shape index (κ2) is 6.99. The Balaban J connectivity index is 1.65. The maximum Gasteiger partial charge on any atom is 0.251 e. The Bertz CT molecular complexity index is 758. The molecule has 0 unspecified atom stereocenters. The molecule has 0 saturated heterocycles. The first kappa shape index (κ1) is 15.8. The van der Waals surface area contributed by atoms with Crippen LogP contribution in [0.3, 0.4) is 0 Å². The summed E-state index contributed by atoms with van der Waals surface area (Å²) < 4.78 is 0. The number of hydrogen-bond acceptors (Lipinski definition) is 2. The van der Waals surface area contributed by atoms with Crippen LogP contribution in [0.15, 0.2) is 29.1 Å². The molecule has 1 fully saturated rings. The molecule has 1 aromatic heterocycles. The van der Waals surface area contributed by atoms with Crippen LogP contribution in [0, 0.1) is 6.92 Å². The van der Waals surface area contributed by atoms with E-state index in [-0.39, 0.29) is 11.5 Å².